The van der Waals surface area contributed by atoms with E-state index < -0.39 is 35.0 Å². The van der Waals surface area contributed by atoms with E-state index >= 15 is 0 Å². The van der Waals surface area contributed by atoms with Crippen molar-refractivity contribution in [1.82, 2.24) is 9.97 Å². The van der Waals surface area contributed by atoms with Crippen molar-refractivity contribution >= 4 is 44.9 Å². The number of aromatic nitrogens is 2. The van der Waals surface area contributed by atoms with Gasteiger partial charge in [-0.2, -0.15) is 0 Å². The van der Waals surface area contributed by atoms with Gasteiger partial charge in [0.2, 0.25) is 23.1 Å². The molecule has 2 aromatic heterocycles. The minimum Gasteiger partial charge on any atom is -0.358 e. The highest BCUT2D eigenvalue weighted by atomic mass is 16.2. The van der Waals surface area contributed by atoms with Crippen molar-refractivity contribution in [3.8, 4) is 0 Å². The molecule has 2 aromatic carbocycles. The molecule has 6 heteroatoms. The maximum atomic E-state index is 13.6. The Morgan fingerprint density at radius 1 is 0.611 bits per heavy atom. The van der Waals surface area contributed by atoms with Crippen molar-refractivity contribution in [1.29, 1.82) is 0 Å². The first kappa shape index (κ1) is 23.4. The number of carbonyl (C=O) groups is 4. The number of para-hydroxylation sites is 2. The molecule has 6 nitrogen and oxygen atoms in total. The quantitative estimate of drug-likeness (QED) is 0.210. The van der Waals surface area contributed by atoms with E-state index in [4.69, 9.17) is 0 Å². The number of hydrogen-bond donors (Lipinski definition) is 2. The number of aryl methyl sites for hydroxylation is 2. The van der Waals surface area contributed by atoms with E-state index in [9.17, 15) is 19.2 Å². The van der Waals surface area contributed by atoms with Crippen LogP contribution in [-0.4, -0.2) is 33.1 Å². The Morgan fingerprint density at radius 3 is 1.33 bits per heavy atom. The summed E-state index contributed by atoms with van der Waals surface area (Å²) in [4.78, 5) is 61.1. The first-order chi connectivity index (χ1) is 17.5. The molecular formula is C30H26N2O4. The highest BCUT2D eigenvalue weighted by Crippen LogP contribution is 2.40. The van der Waals surface area contributed by atoms with Crippen molar-refractivity contribution < 1.29 is 19.2 Å². The second-order valence-electron chi connectivity index (χ2n) is 9.10. The molecular weight excluding hydrogens is 452 g/mol. The van der Waals surface area contributed by atoms with Gasteiger partial charge in [0, 0.05) is 33.2 Å². The molecule has 0 amide bonds. The molecule has 0 aliphatic heterocycles. The third-order valence-corrected chi connectivity index (χ3v) is 6.96. The van der Waals surface area contributed by atoms with Gasteiger partial charge in [0.05, 0.1) is 0 Å². The zero-order valence-electron chi connectivity index (χ0n) is 19.8. The summed E-state index contributed by atoms with van der Waals surface area (Å²) in [5.74, 6) is -6.25. The summed E-state index contributed by atoms with van der Waals surface area (Å²) in [6, 6.07) is 14.6. The molecule has 180 valence electrons. The van der Waals surface area contributed by atoms with Crippen LogP contribution in [0, 0.1) is 0 Å². The van der Waals surface area contributed by atoms with Gasteiger partial charge in [-0.25, -0.2) is 0 Å². The van der Waals surface area contributed by atoms with Crippen LogP contribution >= 0.6 is 0 Å². The fraction of sp³-hybridized carbons (Fsp3) is 0.200. The molecule has 0 saturated heterocycles. The lowest BCUT2D eigenvalue weighted by atomic mass is 9.71. The molecule has 1 aliphatic rings. The number of carbonyl (C=O) groups excluding carboxylic acids is 4. The molecule has 0 bridgehead atoms. The molecule has 2 N–H and O–H groups in total. The normalized spacial score (nSPS) is 18.3. The number of hydrogen-bond acceptors (Lipinski definition) is 4. The van der Waals surface area contributed by atoms with Crippen LogP contribution in [-0.2, 0) is 32.0 Å². The molecule has 0 spiro atoms. The SMILES string of the molecule is C=CCCc1[nH]c2ccccc2c1C1C(=O)C(=O)C(c2c(CCC=C)[nH]c3ccccc23)C(=O)C1=O. The lowest BCUT2D eigenvalue weighted by Crippen LogP contribution is -2.46. The number of nitrogens with one attached hydrogen (secondary N) is 2. The van der Waals surface area contributed by atoms with Crippen LogP contribution < -0.4 is 0 Å². The van der Waals surface area contributed by atoms with Gasteiger partial charge in [0.15, 0.2) is 0 Å². The number of rotatable bonds is 8. The minimum absolute atomic E-state index is 0.424. The van der Waals surface area contributed by atoms with E-state index in [-0.39, 0.29) is 0 Å². The van der Waals surface area contributed by atoms with Crippen molar-refractivity contribution in [2.24, 2.45) is 0 Å². The monoisotopic (exact) mass is 478 g/mol. The highest BCUT2D eigenvalue weighted by Gasteiger charge is 2.52. The number of Topliss-reactive ketones (excluding diaryl/α,β-unsaturated/α-hetero) is 4. The van der Waals surface area contributed by atoms with Crippen LogP contribution in [0.2, 0.25) is 0 Å². The van der Waals surface area contributed by atoms with Gasteiger partial charge < -0.3 is 9.97 Å². The van der Waals surface area contributed by atoms with E-state index in [1.807, 2.05) is 24.3 Å². The summed E-state index contributed by atoms with van der Waals surface area (Å²) in [5.41, 5.74) is 3.68. The first-order valence-electron chi connectivity index (χ1n) is 12.0. The third kappa shape index (κ3) is 3.66. The van der Waals surface area contributed by atoms with Gasteiger partial charge in [0.25, 0.3) is 0 Å². The predicted octanol–water partition coefficient (Wildman–Crippen LogP) is 5.04. The highest BCUT2D eigenvalue weighted by molar-refractivity contribution is 6.64. The predicted molar refractivity (Wildman–Crippen MR) is 139 cm³/mol. The Morgan fingerprint density at radius 2 is 0.972 bits per heavy atom. The van der Waals surface area contributed by atoms with E-state index in [1.54, 1.807) is 36.4 Å². The third-order valence-electron chi connectivity index (χ3n) is 6.96. The van der Waals surface area contributed by atoms with Crippen LogP contribution in [0.5, 0.6) is 0 Å². The maximum Gasteiger partial charge on any atom is 0.214 e. The number of fused-ring (bicyclic) bond motifs is 2. The van der Waals surface area contributed by atoms with E-state index in [0.717, 1.165) is 11.0 Å². The molecule has 1 fully saturated rings. The summed E-state index contributed by atoms with van der Waals surface area (Å²) in [6.07, 6.45) is 5.72. The van der Waals surface area contributed by atoms with Crippen molar-refractivity contribution in [3.63, 3.8) is 0 Å². The Kier molecular flexibility index (Phi) is 6.10. The number of ketones is 4. The van der Waals surface area contributed by atoms with Gasteiger partial charge >= 0.3 is 0 Å². The van der Waals surface area contributed by atoms with Crippen LogP contribution in [0.15, 0.2) is 73.8 Å². The van der Waals surface area contributed by atoms with Crippen LogP contribution in [0.3, 0.4) is 0 Å². The lowest BCUT2D eigenvalue weighted by Gasteiger charge is -2.25. The Bertz CT molecular complexity index is 1420. The molecule has 0 radical (unpaired) electrons. The standard InChI is InChI=1S/C30H26N2O4/c1-3-5-13-21-23(17-11-7-9-15-19(17)31-21)25-27(33)29(35)26(30(36)28(25)34)24-18-12-8-10-16-20(18)32-22(24)14-6-4-2/h3-4,7-12,15-16,25-26,31-32H,1-2,5-6,13-14H2. The van der Waals surface area contributed by atoms with Crippen LogP contribution in [0.25, 0.3) is 21.8 Å². The summed E-state index contributed by atoms with van der Waals surface area (Å²) in [6.45, 7) is 7.51. The summed E-state index contributed by atoms with van der Waals surface area (Å²) in [5, 5.41) is 1.34. The second-order valence-corrected chi connectivity index (χ2v) is 9.10. The first-order valence-corrected chi connectivity index (χ1v) is 12.0. The number of H-pyrrole nitrogens is 2. The topological polar surface area (TPSA) is 99.9 Å². The maximum absolute atomic E-state index is 13.6. The second kappa shape index (κ2) is 9.38. The molecule has 0 atom stereocenters. The van der Waals surface area contributed by atoms with Gasteiger partial charge in [0.1, 0.15) is 11.8 Å². The molecule has 4 aromatic rings. The fourth-order valence-electron chi connectivity index (χ4n) is 5.32. The minimum atomic E-state index is -1.45. The zero-order chi connectivity index (χ0) is 25.4. The van der Waals surface area contributed by atoms with Crippen LogP contribution in [0.4, 0.5) is 0 Å². The van der Waals surface area contributed by atoms with Gasteiger partial charge in [-0.3, -0.25) is 19.2 Å². The Balaban J connectivity index is 1.64. The fourth-order valence-corrected chi connectivity index (χ4v) is 5.32. The Hall–Kier alpha value is -4.32. The smallest absolute Gasteiger partial charge is 0.214 e. The average molecular weight is 479 g/mol. The summed E-state index contributed by atoms with van der Waals surface area (Å²) < 4.78 is 0. The number of benzene rings is 2. The van der Waals surface area contributed by atoms with Crippen molar-refractivity contribution in [2.75, 3.05) is 0 Å². The lowest BCUT2D eigenvalue weighted by molar-refractivity contribution is -0.151. The molecule has 0 unspecified atom stereocenters. The van der Waals surface area contributed by atoms with Gasteiger partial charge in [-0.15, -0.1) is 13.2 Å². The number of allylic oxidation sites excluding steroid dienone is 2. The largest absolute Gasteiger partial charge is 0.358 e. The molecule has 5 rings (SSSR count). The van der Waals surface area contributed by atoms with E-state index in [0.29, 0.717) is 59.0 Å². The van der Waals surface area contributed by atoms with Crippen molar-refractivity contribution in [3.05, 3.63) is 96.4 Å². The van der Waals surface area contributed by atoms with Crippen molar-refractivity contribution in [2.45, 2.75) is 37.5 Å². The average Bonchev–Trinajstić information content (AvgIpc) is 3.44. The van der Waals surface area contributed by atoms with Gasteiger partial charge in [-0.05, 0) is 48.9 Å². The van der Waals surface area contributed by atoms with E-state index in [1.165, 1.54) is 0 Å². The van der Waals surface area contributed by atoms with Gasteiger partial charge in [-0.1, -0.05) is 48.6 Å². The molecule has 1 saturated carbocycles. The Labute approximate surface area is 208 Å². The molecule has 1 aliphatic carbocycles. The zero-order valence-corrected chi connectivity index (χ0v) is 19.8. The molecule has 36 heavy (non-hydrogen) atoms. The molecule has 2 heterocycles. The summed E-state index contributed by atoms with van der Waals surface area (Å²) >= 11 is 0. The van der Waals surface area contributed by atoms with Crippen LogP contribution in [0.1, 0.15) is 47.2 Å². The number of aromatic amines is 2. The van der Waals surface area contributed by atoms with E-state index in [2.05, 4.69) is 23.1 Å². The summed E-state index contributed by atoms with van der Waals surface area (Å²) in [7, 11) is 0.